The molecule has 0 heterocycles. The number of carbonyl (C=O) groups excluding carboxylic acids is 2. The van der Waals surface area contributed by atoms with Crippen molar-refractivity contribution in [2.75, 3.05) is 6.61 Å². The summed E-state index contributed by atoms with van der Waals surface area (Å²) >= 11 is 4.64. The average molecular weight is 427 g/mol. The third kappa shape index (κ3) is 6.19. The van der Waals surface area contributed by atoms with E-state index in [0.717, 1.165) is 15.9 Å². The first-order valence-electron chi connectivity index (χ1n) is 9.25. The fourth-order valence-electron chi connectivity index (χ4n) is 3.00. The van der Waals surface area contributed by atoms with Crippen LogP contribution in [-0.4, -0.2) is 23.6 Å². The van der Waals surface area contributed by atoms with Crippen LogP contribution in [0.15, 0.2) is 91.0 Å². The SMILES string of the molecule is CC(=O)Cl.CCOC(=O)C=P(c1ccccc1)(c1ccccc1)c1ccccc1. The number of esters is 1. The minimum absolute atomic E-state index is 0.271. The molecule has 150 valence electrons. The highest BCUT2D eigenvalue weighted by Gasteiger charge is 2.26. The molecule has 29 heavy (non-hydrogen) atoms. The number of ether oxygens (including phenoxy) is 1. The zero-order chi connectivity index (χ0) is 21.1. The van der Waals surface area contributed by atoms with Crippen molar-refractivity contribution in [3.05, 3.63) is 91.0 Å². The third-order valence-electron chi connectivity index (χ3n) is 4.08. The largest absolute Gasteiger partial charge is 0.463 e. The molecule has 0 radical (unpaired) electrons. The van der Waals surface area contributed by atoms with Crippen LogP contribution >= 0.6 is 18.5 Å². The number of halogens is 1. The van der Waals surface area contributed by atoms with Crippen molar-refractivity contribution in [1.29, 1.82) is 0 Å². The summed E-state index contributed by atoms with van der Waals surface area (Å²) in [6, 6.07) is 30.7. The molecule has 0 saturated heterocycles. The molecule has 0 N–H and O–H groups in total. The van der Waals surface area contributed by atoms with Crippen LogP contribution in [-0.2, 0) is 14.3 Å². The van der Waals surface area contributed by atoms with Crippen molar-refractivity contribution >= 4 is 51.4 Å². The van der Waals surface area contributed by atoms with E-state index in [1.807, 2.05) is 61.5 Å². The molecule has 0 aliphatic carbocycles. The Balaban J connectivity index is 0.000000687. The Morgan fingerprint density at radius 2 is 1.10 bits per heavy atom. The molecule has 3 aromatic carbocycles. The van der Waals surface area contributed by atoms with Crippen LogP contribution in [0.1, 0.15) is 13.8 Å². The molecule has 0 aliphatic rings. The van der Waals surface area contributed by atoms with E-state index in [2.05, 4.69) is 48.0 Å². The van der Waals surface area contributed by atoms with Crippen molar-refractivity contribution in [3.8, 4) is 0 Å². The summed E-state index contributed by atoms with van der Waals surface area (Å²) in [5.74, 6) is 1.53. The zero-order valence-corrected chi connectivity index (χ0v) is 18.1. The molecule has 0 unspecified atom stereocenters. The molecule has 5 heteroatoms. The molecular formula is C24H24ClO3P. The Kier molecular flexibility index (Phi) is 8.92. The number of hydrogen-bond acceptors (Lipinski definition) is 3. The first-order chi connectivity index (χ1) is 14.0. The van der Waals surface area contributed by atoms with Crippen molar-refractivity contribution < 1.29 is 14.3 Å². The molecule has 0 saturated carbocycles. The lowest BCUT2D eigenvalue weighted by Crippen LogP contribution is -2.29. The Labute approximate surface area is 177 Å². The molecule has 3 nitrogen and oxygen atoms in total. The maximum atomic E-state index is 12.5. The van der Waals surface area contributed by atoms with Gasteiger partial charge in [0.1, 0.15) is 0 Å². The summed E-state index contributed by atoms with van der Waals surface area (Å²) < 4.78 is 5.30. The first-order valence-corrected chi connectivity index (χ1v) is 11.5. The molecule has 0 amide bonds. The standard InChI is InChI=1S/C22H21O2P.C2H3ClO/c1-2-24-22(23)18-25(19-12-6-3-7-13-19,20-14-8-4-9-15-20)21-16-10-5-11-17-21;1-2(3)4/h3-18H,2H2,1H3;1H3. The van der Waals surface area contributed by atoms with Gasteiger partial charge < -0.3 is 4.74 Å². The Morgan fingerprint density at radius 3 is 1.38 bits per heavy atom. The number of rotatable bonds is 5. The highest BCUT2D eigenvalue weighted by molar-refractivity contribution is 7.95. The van der Waals surface area contributed by atoms with Gasteiger partial charge in [0.05, 0.1) is 6.61 Å². The van der Waals surface area contributed by atoms with Gasteiger partial charge in [-0.25, -0.2) is 4.79 Å². The van der Waals surface area contributed by atoms with E-state index in [1.54, 1.807) is 5.80 Å². The predicted octanol–water partition coefficient (Wildman–Crippen LogP) is 4.12. The molecule has 0 spiro atoms. The van der Waals surface area contributed by atoms with Gasteiger partial charge >= 0.3 is 5.97 Å². The van der Waals surface area contributed by atoms with E-state index in [4.69, 9.17) is 4.74 Å². The van der Waals surface area contributed by atoms with Gasteiger partial charge in [-0.1, -0.05) is 91.0 Å². The fraction of sp³-hybridized carbons (Fsp3) is 0.125. The van der Waals surface area contributed by atoms with E-state index in [0.29, 0.717) is 6.61 Å². The zero-order valence-electron chi connectivity index (χ0n) is 16.5. The van der Waals surface area contributed by atoms with Crippen LogP contribution in [0.25, 0.3) is 0 Å². The molecule has 3 aromatic rings. The summed E-state index contributed by atoms with van der Waals surface area (Å²) in [6.45, 7) is 1.26. The van der Waals surface area contributed by atoms with Crippen LogP contribution in [0.5, 0.6) is 0 Å². The minimum Gasteiger partial charge on any atom is -0.463 e. The van der Waals surface area contributed by atoms with Crippen molar-refractivity contribution in [1.82, 2.24) is 0 Å². The molecule has 3 rings (SSSR count). The van der Waals surface area contributed by atoms with Gasteiger partial charge in [-0.15, -0.1) is 0 Å². The number of hydrogen-bond donors (Lipinski definition) is 0. The highest BCUT2D eigenvalue weighted by atomic mass is 35.5. The smallest absolute Gasteiger partial charge is 0.331 e. The Hall–Kier alpha value is -2.61. The van der Waals surface area contributed by atoms with Gasteiger partial charge in [-0.05, 0) is 41.3 Å². The fourth-order valence-corrected chi connectivity index (χ4v) is 6.66. The second-order valence-corrected chi connectivity index (χ2v) is 9.87. The first kappa shape index (κ1) is 22.7. The van der Waals surface area contributed by atoms with Gasteiger partial charge in [0, 0.05) is 12.7 Å². The van der Waals surface area contributed by atoms with E-state index in [9.17, 15) is 9.59 Å². The van der Waals surface area contributed by atoms with Crippen LogP contribution in [0.3, 0.4) is 0 Å². The van der Waals surface area contributed by atoms with Gasteiger partial charge in [-0.2, -0.15) is 0 Å². The van der Waals surface area contributed by atoms with Crippen molar-refractivity contribution in [2.24, 2.45) is 0 Å². The van der Waals surface area contributed by atoms with Gasteiger partial charge in [0.15, 0.2) is 0 Å². The summed E-state index contributed by atoms with van der Waals surface area (Å²) in [5, 5.41) is 3.06. The summed E-state index contributed by atoms with van der Waals surface area (Å²) in [5.41, 5.74) is 0. The second-order valence-electron chi connectivity index (χ2n) is 6.08. The second kappa shape index (κ2) is 11.4. The van der Waals surface area contributed by atoms with Gasteiger partial charge in [-0.3, -0.25) is 4.79 Å². The van der Waals surface area contributed by atoms with Crippen LogP contribution < -0.4 is 15.9 Å². The van der Waals surface area contributed by atoms with Gasteiger partial charge in [0.25, 0.3) is 0 Å². The predicted molar refractivity (Wildman–Crippen MR) is 124 cm³/mol. The topological polar surface area (TPSA) is 43.4 Å². The summed E-state index contributed by atoms with van der Waals surface area (Å²) in [4.78, 5) is 21.7. The third-order valence-corrected chi connectivity index (χ3v) is 8.01. The maximum Gasteiger partial charge on any atom is 0.331 e. The van der Waals surface area contributed by atoms with Crippen LogP contribution in [0.2, 0.25) is 0 Å². The minimum atomic E-state index is -2.24. The van der Waals surface area contributed by atoms with Crippen molar-refractivity contribution in [3.63, 3.8) is 0 Å². The number of benzene rings is 3. The van der Waals surface area contributed by atoms with Gasteiger partial charge in [0.2, 0.25) is 5.24 Å². The molecule has 0 atom stereocenters. The molecule has 0 fully saturated rings. The Morgan fingerprint density at radius 1 is 0.793 bits per heavy atom. The number of carbonyl (C=O) groups is 2. The van der Waals surface area contributed by atoms with Crippen molar-refractivity contribution in [2.45, 2.75) is 13.8 Å². The quantitative estimate of drug-likeness (QED) is 0.350. The maximum absolute atomic E-state index is 12.5. The summed E-state index contributed by atoms with van der Waals surface area (Å²) in [6.07, 6.45) is 0. The van der Waals surface area contributed by atoms with E-state index in [-0.39, 0.29) is 11.2 Å². The molecule has 0 aliphatic heterocycles. The molecule has 0 aromatic heterocycles. The van der Waals surface area contributed by atoms with Crippen LogP contribution in [0.4, 0.5) is 0 Å². The molecular weight excluding hydrogens is 403 g/mol. The van der Waals surface area contributed by atoms with E-state index < -0.39 is 6.89 Å². The lowest BCUT2D eigenvalue weighted by atomic mass is 10.4. The average Bonchev–Trinajstić information content (AvgIpc) is 2.74. The lowest BCUT2D eigenvalue weighted by Gasteiger charge is -2.28. The highest BCUT2D eigenvalue weighted by Crippen LogP contribution is 2.43. The van der Waals surface area contributed by atoms with E-state index in [1.165, 1.54) is 6.92 Å². The summed E-state index contributed by atoms with van der Waals surface area (Å²) in [7, 11) is 0. The monoisotopic (exact) mass is 426 g/mol. The van der Waals surface area contributed by atoms with E-state index >= 15 is 0 Å². The normalized spacial score (nSPS) is 10.3. The Bertz CT molecular complexity index is 863. The lowest BCUT2D eigenvalue weighted by molar-refractivity contribution is -0.134. The van der Waals surface area contributed by atoms with Crippen LogP contribution in [0, 0.1) is 0 Å². The molecule has 0 bridgehead atoms.